The number of aromatic nitrogens is 2. The molecular formula is C19H20F3N3O. The number of carbonyl (C=O) groups excluding carboxylic acids is 1. The van der Waals surface area contributed by atoms with Crippen molar-refractivity contribution in [3.05, 3.63) is 46.8 Å². The average molecular weight is 363 g/mol. The molecule has 1 heterocycles. The van der Waals surface area contributed by atoms with Crippen LogP contribution < -0.4 is 5.32 Å². The van der Waals surface area contributed by atoms with Crippen molar-refractivity contribution in [3.63, 3.8) is 0 Å². The molecule has 0 unspecified atom stereocenters. The molecule has 0 spiro atoms. The zero-order chi connectivity index (χ0) is 19.7. The molecule has 0 radical (unpaired) electrons. The Morgan fingerprint density at radius 2 is 1.88 bits per heavy atom. The standard InChI is InChI=1S/C19H20F3N3O/c1-6-7-14-10-15(19(20,21)22)8-9-16(14)24-17(26)18(4,5)25-13(3)12(2)11-23-25/h8-11H,1-5H3,(H,24,26). The molecule has 0 fully saturated rings. The molecule has 1 amide bonds. The molecule has 0 aliphatic heterocycles. The van der Waals surface area contributed by atoms with Gasteiger partial charge in [0.25, 0.3) is 5.91 Å². The van der Waals surface area contributed by atoms with E-state index in [2.05, 4.69) is 22.3 Å². The predicted octanol–water partition coefficient (Wildman–Crippen LogP) is 4.26. The Kier molecular flexibility index (Phi) is 5.17. The van der Waals surface area contributed by atoms with E-state index in [1.807, 2.05) is 13.8 Å². The van der Waals surface area contributed by atoms with E-state index in [0.29, 0.717) is 0 Å². The van der Waals surface area contributed by atoms with E-state index in [1.54, 1.807) is 24.7 Å². The quantitative estimate of drug-likeness (QED) is 0.828. The first-order valence-electron chi connectivity index (χ1n) is 7.95. The van der Waals surface area contributed by atoms with Gasteiger partial charge in [-0.3, -0.25) is 9.48 Å². The maximum Gasteiger partial charge on any atom is 0.416 e. The number of anilines is 1. The molecular weight excluding hydrogens is 343 g/mol. The van der Waals surface area contributed by atoms with Crippen LogP contribution >= 0.6 is 0 Å². The van der Waals surface area contributed by atoms with Crippen LogP contribution in [0.5, 0.6) is 0 Å². The predicted molar refractivity (Wildman–Crippen MR) is 93.6 cm³/mol. The van der Waals surface area contributed by atoms with Crippen molar-refractivity contribution in [1.82, 2.24) is 9.78 Å². The molecule has 0 aliphatic rings. The fraction of sp³-hybridized carbons (Fsp3) is 0.368. The van der Waals surface area contributed by atoms with Crippen LogP contribution in [0.4, 0.5) is 18.9 Å². The number of amides is 1. The molecule has 4 nitrogen and oxygen atoms in total. The lowest BCUT2D eigenvalue weighted by Gasteiger charge is -2.26. The van der Waals surface area contributed by atoms with Gasteiger partial charge in [0.05, 0.1) is 17.4 Å². The second-order valence-electron chi connectivity index (χ2n) is 6.47. The molecule has 1 N–H and O–H groups in total. The third-order valence-corrected chi connectivity index (χ3v) is 4.20. The van der Waals surface area contributed by atoms with Gasteiger partial charge in [-0.05, 0) is 58.4 Å². The van der Waals surface area contributed by atoms with Crippen LogP contribution in [-0.2, 0) is 16.5 Å². The van der Waals surface area contributed by atoms with Crippen molar-refractivity contribution in [2.75, 3.05) is 5.32 Å². The topological polar surface area (TPSA) is 46.9 Å². The Labute approximate surface area is 150 Å². The van der Waals surface area contributed by atoms with Crippen LogP contribution in [0.25, 0.3) is 0 Å². The third-order valence-electron chi connectivity index (χ3n) is 4.20. The molecule has 1 aromatic carbocycles. The van der Waals surface area contributed by atoms with Gasteiger partial charge in [0, 0.05) is 11.3 Å². The van der Waals surface area contributed by atoms with Crippen molar-refractivity contribution < 1.29 is 18.0 Å². The molecule has 2 aromatic rings. The summed E-state index contributed by atoms with van der Waals surface area (Å²) < 4.78 is 40.3. The van der Waals surface area contributed by atoms with Crippen LogP contribution in [0, 0.1) is 25.7 Å². The van der Waals surface area contributed by atoms with Crippen LogP contribution in [0.2, 0.25) is 0 Å². The van der Waals surface area contributed by atoms with E-state index >= 15 is 0 Å². The number of halogens is 3. The van der Waals surface area contributed by atoms with E-state index < -0.39 is 23.2 Å². The summed E-state index contributed by atoms with van der Waals surface area (Å²) in [6, 6.07) is 3.08. The summed E-state index contributed by atoms with van der Waals surface area (Å²) in [7, 11) is 0. The number of hydrogen-bond acceptors (Lipinski definition) is 2. The number of nitrogens with zero attached hydrogens (tertiary/aromatic N) is 2. The molecule has 0 saturated heterocycles. The number of carbonyl (C=O) groups is 1. The molecule has 1 aromatic heterocycles. The number of alkyl halides is 3. The Bertz CT molecular complexity index is 899. The third kappa shape index (κ3) is 3.74. The SMILES string of the molecule is CC#Cc1cc(C(F)(F)F)ccc1NC(=O)C(C)(C)n1ncc(C)c1C. The van der Waals surface area contributed by atoms with Crippen molar-refractivity contribution in [2.45, 2.75) is 46.3 Å². The second-order valence-corrected chi connectivity index (χ2v) is 6.47. The number of benzene rings is 1. The first kappa shape index (κ1) is 19.6. The summed E-state index contributed by atoms with van der Waals surface area (Å²) in [4.78, 5) is 12.8. The lowest BCUT2D eigenvalue weighted by atomic mass is 10.0. The molecule has 0 atom stereocenters. The van der Waals surface area contributed by atoms with Gasteiger partial charge in [0.2, 0.25) is 0 Å². The fourth-order valence-corrected chi connectivity index (χ4v) is 2.49. The van der Waals surface area contributed by atoms with Gasteiger partial charge in [-0.2, -0.15) is 18.3 Å². The number of aryl methyl sites for hydroxylation is 1. The molecule has 0 aliphatic carbocycles. The second kappa shape index (κ2) is 6.87. The Morgan fingerprint density at radius 3 is 2.38 bits per heavy atom. The zero-order valence-electron chi connectivity index (χ0n) is 15.2. The maximum absolute atomic E-state index is 12.9. The van der Waals surface area contributed by atoms with Gasteiger partial charge < -0.3 is 5.32 Å². The lowest BCUT2D eigenvalue weighted by molar-refractivity contribution is -0.137. The molecule has 0 bridgehead atoms. The summed E-state index contributed by atoms with van der Waals surface area (Å²) in [5.41, 5.74) is 0.278. The number of hydrogen-bond donors (Lipinski definition) is 1. The maximum atomic E-state index is 12.9. The highest BCUT2D eigenvalue weighted by atomic mass is 19.4. The minimum atomic E-state index is -4.48. The largest absolute Gasteiger partial charge is 0.416 e. The molecule has 0 saturated carbocycles. The number of rotatable bonds is 3. The van der Waals surface area contributed by atoms with Crippen LogP contribution in [0.1, 0.15) is 43.2 Å². The van der Waals surface area contributed by atoms with E-state index in [1.165, 1.54) is 13.0 Å². The Morgan fingerprint density at radius 1 is 1.23 bits per heavy atom. The summed E-state index contributed by atoms with van der Waals surface area (Å²) >= 11 is 0. The van der Waals surface area contributed by atoms with Crippen LogP contribution in [-0.4, -0.2) is 15.7 Å². The number of nitrogens with one attached hydrogen (secondary N) is 1. The first-order valence-corrected chi connectivity index (χ1v) is 7.95. The van der Waals surface area contributed by atoms with Gasteiger partial charge in [-0.25, -0.2) is 0 Å². The summed E-state index contributed by atoms with van der Waals surface area (Å²) in [5, 5.41) is 6.91. The van der Waals surface area contributed by atoms with E-state index in [0.717, 1.165) is 23.4 Å². The zero-order valence-corrected chi connectivity index (χ0v) is 15.2. The summed E-state index contributed by atoms with van der Waals surface area (Å²) in [5.74, 6) is 4.79. The van der Waals surface area contributed by atoms with Crippen molar-refractivity contribution in [1.29, 1.82) is 0 Å². The molecule has 138 valence electrons. The highest BCUT2D eigenvalue weighted by Crippen LogP contribution is 2.32. The van der Waals surface area contributed by atoms with Crippen molar-refractivity contribution >= 4 is 11.6 Å². The molecule has 26 heavy (non-hydrogen) atoms. The van der Waals surface area contributed by atoms with Gasteiger partial charge in [-0.15, -0.1) is 5.92 Å². The normalized spacial score (nSPS) is 11.7. The minimum absolute atomic E-state index is 0.111. The van der Waals surface area contributed by atoms with Gasteiger partial charge in [0.1, 0.15) is 5.54 Å². The fourth-order valence-electron chi connectivity index (χ4n) is 2.49. The molecule has 7 heteroatoms. The van der Waals surface area contributed by atoms with E-state index in [4.69, 9.17) is 0 Å². The highest BCUT2D eigenvalue weighted by Gasteiger charge is 2.34. The van der Waals surface area contributed by atoms with Crippen LogP contribution in [0.15, 0.2) is 24.4 Å². The van der Waals surface area contributed by atoms with Crippen LogP contribution in [0.3, 0.4) is 0 Å². The van der Waals surface area contributed by atoms with E-state index in [-0.39, 0.29) is 11.3 Å². The van der Waals surface area contributed by atoms with E-state index in [9.17, 15) is 18.0 Å². The summed E-state index contributed by atoms with van der Waals surface area (Å²) in [6.07, 6.45) is -2.81. The van der Waals surface area contributed by atoms with Crippen molar-refractivity contribution in [2.24, 2.45) is 0 Å². The summed E-state index contributed by atoms with van der Waals surface area (Å²) in [6.45, 7) is 8.64. The average Bonchev–Trinajstić information content (AvgIpc) is 2.88. The molecule has 2 rings (SSSR count). The minimum Gasteiger partial charge on any atom is -0.323 e. The smallest absolute Gasteiger partial charge is 0.323 e. The monoisotopic (exact) mass is 363 g/mol. The van der Waals surface area contributed by atoms with Gasteiger partial charge in [-0.1, -0.05) is 5.92 Å². The lowest BCUT2D eigenvalue weighted by Crippen LogP contribution is -2.41. The first-order chi connectivity index (χ1) is 12.0. The van der Waals surface area contributed by atoms with Crippen molar-refractivity contribution in [3.8, 4) is 11.8 Å². The Hall–Kier alpha value is -2.75. The van der Waals surface area contributed by atoms with Gasteiger partial charge in [0.15, 0.2) is 0 Å². The Balaban J connectivity index is 2.39. The van der Waals surface area contributed by atoms with Gasteiger partial charge >= 0.3 is 6.18 Å². The highest BCUT2D eigenvalue weighted by molar-refractivity contribution is 5.97.